The number of halogens is 2. The number of amides is 3. The van der Waals surface area contributed by atoms with Gasteiger partial charge in [-0.15, -0.1) is 0 Å². The van der Waals surface area contributed by atoms with Crippen LogP contribution in [0.15, 0.2) is 48.5 Å². The Morgan fingerprint density at radius 1 is 0.811 bits per heavy atom. The number of likely N-dealkylation sites (tertiary alicyclic amines) is 1. The topological polar surface area (TPSA) is 73.4 Å². The molecule has 196 valence electrons. The maximum absolute atomic E-state index is 14.0. The summed E-state index contributed by atoms with van der Waals surface area (Å²) in [6.07, 6.45) is 0.598. The number of nitrogens with zero attached hydrogens (tertiary/aromatic N) is 4. The van der Waals surface area contributed by atoms with E-state index in [4.69, 9.17) is 4.74 Å². The minimum absolute atomic E-state index is 0.0398. The van der Waals surface area contributed by atoms with Crippen LogP contribution in [-0.2, 0) is 9.53 Å². The van der Waals surface area contributed by atoms with Gasteiger partial charge in [0.2, 0.25) is 5.91 Å². The minimum atomic E-state index is -1.09. The van der Waals surface area contributed by atoms with Crippen molar-refractivity contribution < 1.29 is 27.9 Å². The van der Waals surface area contributed by atoms with E-state index in [-0.39, 0.29) is 24.0 Å². The fourth-order valence-corrected chi connectivity index (χ4v) is 5.39. The molecule has 1 spiro atoms. The molecule has 3 saturated heterocycles. The molecule has 0 N–H and O–H groups in total. The van der Waals surface area contributed by atoms with E-state index in [9.17, 15) is 23.2 Å². The van der Waals surface area contributed by atoms with Crippen LogP contribution < -0.4 is 0 Å². The average molecular weight is 513 g/mol. The van der Waals surface area contributed by atoms with E-state index < -0.39 is 29.3 Å². The van der Waals surface area contributed by atoms with Gasteiger partial charge in [0.1, 0.15) is 23.4 Å². The summed E-state index contributed by atoms with van der Waals surface area (Å²) in [7, 11) is 2.00. The van der Waals surface area contributed by atoms with E-state index in [2.05, 4.69) is 4.90 Å². The zero-order valence-corrected chi connectivity index (χ0v) is 20.7. The SMILES string of the molecule is CN1CCN(C(=O)C2COC3(CCN(C(=O)c4ccc(F)cc4)CC3)N2C(=O)c2cccc(F)c2)CC1. The fraction of sp³-hybridized carbons (Fsp3) is 0.444. The highest BCUT2D eigenvalue weighted by atomic mass is 19.1. The van der Waals surface area contributed by atoms with Gasteiger partial charge in [-0.3, -0.25) is 19.3 Å². The van der Waals surface area contributed by atoms with Crippen molar-refractivity contribution in [2.75, 3.05) is 52.9 Å². The van der Waals surface area contributed by atoms with Crippen LogP contribution in [0.25, 0.3) is 0 Å². The molecule has 0 radical (unpaired) electrons. The van der Waals surface area contributed by atoms with Gasteiger partial charge in [0.25, 0.3) is 11.8 Å². The molecule has 3 heterocycles. The zero-order valence-electron chi connectivity index (χ0n) is 20.7. The lowest BCUT2D eigenvalue weighted by Gasteiger charge is -2.45. The molecule has 0 aromatic heterocycles. The molecule has 8 nitrogen and oxygen atoms in total. The second-order valence-electron chi connectivity index (χ2n) is 9.89. The van der Waals surface area contributed by atoms with Crippen LogP contribution in [0.2, 0.25) is 0 Å². The molecule has 2 aromatic rings. The maximum Gasteiger partial charge on any atom is 0.256 e. The summed E-state index contributed by atoms with van der Waals surface area (Å²) in [5, 5.41) is 0. The molecule has 1 unspecified atom stereocenters. The van der Waals surface area contributed by atoms with Gasteiger partial charge in [-0.2, -0.15) is 0 Å². The zero-order chi connectivity index (χ0) is 26.2. The molecule has 1 atom stereocenters. The normalized spacial score (nSPS) is 21.9. The number of hydrogen-bond acceptors (Lipinski definition) is 5. The Hall–Kier alpha value is -3.37. The highest BCUT2D eigenvalue weighted by Crippen LogP contribution is 2.39. The van der Waals surface area contributed by atoms with E-state index in [1.54, 1.807) is 9.80 Å². The summed E-state index contributed by atoms with van der Waals surface area (Å²) in [6, 6.07) is 9.96. The number of carbonyl (C=O) groups is 3. The highest BCUT2D eigenvalue weighted by molar-refractivity contribution is 5.98. The number of likely N-dealkylation sites (N-methyl/N-ethyl adjacent to an activating group) is 1. The summed E-state index contributed by atoms with van der Waals surface area (Å²) in [6.45, 7) is 3.21. The smallest absolute Gasteiger partial charge is 0.256 e. The minimum Gasteiger partial charge on any atom is -0.353 e. The van der Waals surface area contributed by atoms with Crippen molar-refractivity contribution in [3.8, 4) is 0 Å². The van der Waals surface area contributed by atoms with E-state index in [0.29, 0.717) is 44.6 Å². The van der Waals surface area contributed by atoms with Crippen LogP contribution in [0.5, 0.6) is 0 Å². The largest absolute Gasteiger partial charge is 0.353 e. The predicted octanol–water partition coefficient (Wildman–Crippen LogP) is 2.21. The molecular formula is C27H30F2N4O4. The van der Waals surface area contributed by atoms with E-state index in [1.165, 1.54) is 53.4 Å². The molecule has 3 aliphatic heterocycles. The highest BCUT2D eigenvalue weighted by Gasteiger charge is 2.55. The quantitative estimate of drug-likeness (QED) is 0.631. The lowest BCUT2D eigenvalue weighted by atomic mass is 9.96. The van der Waals surface area contributed by atoms with E-state index in [0.717, 1.165) is 13.1 Å². The third kappa shape index (κ3) is 4.95. The average Bonchev–Trinajstić information content (AvgIpc) is 3.27. The Kier molecular flexibility index (Phi) is 6.96. The van der Waals surface area contributed by atoms with Crippen molar-refractivity contribution in [2.45, 2.75) is 24.6 Å². The first-order valence-electron chi connectivity index (χ1n) is 12.5. The lowest BCUT2D eigenvalue weighted by Crippen LogP contribution is -2.61. The summed E-state index contributed by atoms with van der Waals surface area (Å²) in [5.74, 6) is -1.85. The van der Waals surface area contributed by atoms with Crippen LogP contribution in [0, 0.1) is 11.6 Å². The van der Waals surface area contributed by atoms with Gasteiger partial charge in [-0.25, -0.2) is 8.78 Å². The van der Waals surface area contributed by atoms with Crippen LogP contribution in [0.4, 0.5) is 8.78 Å². The summed E-state index contributed by atoms with van der Waals surface area (Å²) in [4.78, 5) is 47.4. The molecule has 2 aromatic carbocycles. The number of carbonyl (C=O) groups excluding carboxylic acids is 3. The molecule has 37 heavy (non-hydrogen) atoms. The second-order valence-corrected chi connectivity index (χ2v) is 9.89. The van der Waals surface area contributed by atoms with Gasteiger partial charge < -0.3 is 19.4 Å². The van der Waals surface area contributed by atoms with Crippen LogP contribution in [0.3, 0.4) is 0 Å². The number of piperazine rings is 1. The van der Waals surface area contributed by atoms with Gasteiger partial charge in [-0.05, 0) is 49.5 Å². The maximum atomic E-state index is 14.0. The van der Waals surface area contributed by atoms with Crippen LogP contribution >= 0.6 is 0 Å². The Bertz CT molecular complexity index is 1180. The molecule has 0 aliphatic carbocycles. The van der Waals surface area contributed by atoms with Crippen molar-refractivity contribution in [3.63, 3.8) is 0 Å². The van der Waals surface area contributed by atoms with Crippen LogP contribution in [0.1, 0.15) is 33.6 Å². The number of benzene rings is 2. The van der Waals surface area contributed by atoms with Crippen molar-refractivity contribution in [1.29, 1.82) is 0 Å². The standard InChI is InChI=1S/C27H30F2N4O4/c1-30-13-15-32(16-14-30)26(36)23-18-37-27(33(23)25(35)20-3-2-4-22(29)17-20)9-11-31(12-10-27)24(34)19-5-7-21(28)8-6-19/h2-8,17,23H,9-16,18H2,1H3. The summed E-state index contributed by atoms with van der Waals surface area (Å²) in [5.41, 5.74) is -0.568. The number of ether oxygens (including phenoxy) is 1. The van der Waals surface area contributed by atoms with Crippen LogP contribution in [-0.4, -0.2) is 102 Å². The van der Waals surface area contributed by atoms with Gasteiger partial charge in [0.05, 0.1) is 6.61 Å². The molecule has 0 saturated carbocycles. The predicted molar refractivity (Wildman–Crippen MR) is 131 cm³/mol. The van der Waals surface area contributed by atoms with Gasteiger partial charge in [0, 0.05) is 63.2 Å². The number of piperidine rings is 1. The molecule has 5 rings (SSSR count). The molecule has 10 heteroatoms. The Balaban J connectivity index is 1.39. The van der Waals surface area contributed by atoms with Crippen molar-refractivity contribution in [2.24, 2.45) is 0 Å². The Labute approximate surface area is 214 Å². The molecule has 3 amide bonds. The molecule has 3 fully saturated rings. The molecule has 3 aliphatic rings. The summed E-state index contributed by atoms with van der Waals surface area (Å²) < 4.78 is 33.5. The number of hydrogen-bond donors (Lipinski definition) is 0. The lowest BCUT2D eigenvalue weighted by molar-refractivity contribution is -0.139. The third-order valence-electron chi connectivity index (χ3n) is 7.57. The first-order valence-corrected chi connectivity index (χ1v) is 12.5. The third-order valence-corrected chi connectivity index (χ3v) is 7.57. The van der Waals surface area contributed by atoms with Gasteiger partial charge in [0.15, 0.2) is 0 Å². The van der Waals surface area contributed by atoms with Crippen molar-refractivity contribution in [3.05, 3.63) is 71.3 Å². The Morgan fingerprint density at radius 3 is 2.14 bits per heavy atom. The number of rotatable bonds is 3. The molecule has 0 bridgehead atoms. The van der Waals surface area contributed by atoms with E-state index in [1.807, 2.05) is 7.05 Å². The van der Waals surface area contributed by atoms with Gasteiger partial charge >= 0.3 is 0 Å². The Morgan fingerprint density at radius 2 is 1.49 bits per heavy atom. The monoisotopic (exact) mass is 512 g/mol. The van der Waals surface area contributed by atoms with Crippen molar-refractivity contribution >= 4 is 17.7 Å². The van der Waals surface area contributed by atoms with E-state index >= 15 is 0 Å². The first kappa shape index (κ1) is 25.3. The second kappa shape index (κ2) is 10.2. The fourth-order valence-electron chi connectivity index (χ4n) is 5.39. The first-order chi connectivity index (χ1) is 17.8. The molecular weight excluding hydrogens is 482 g/mol. The van der Waals surface area contributed by atoms with Crippen molar-refractivity contribution in [1.82, 2.24) is 19.6 Å². The summed E-state index contributed by atoms with van der Waals surface area (Å²) >= 11 is 0. The van der Waals surface area contributed by atoms with Gasteiger partial charge in [-0.1, -0.05) is 6.07 Å².